The van der Waals surface area contributed by atoms with Crippen LogP contribution in [-0.4, -0.2) is 87.3 Å². The summed E-state index contributed by atoms with van der Waals surface area (Å²) in [5, 5.41) is 14.2. The van der Waals surface area contributed by atoms with E-state index in [2.05, 4.69) is 30.4 Å². The number of methoxy groups -OCH3 is 1. The van der Waals surface area contributed by atoms with E-state index >= 15 is 0 Å². The van der Waals surface area contributed by atoms with Gasteiger partial charge in [0, 0.05) is 64.5 Å². The number of hydrogen-bond donors (Lipinski definition) is 2. The summed E-state index contributed by atoms with van der Waals surface area (Å²) in [5.41, 5.74) is 1.27. The van der Waals surface area contributed by atoms with Gasteiger partial charge in [0.1, 0.15) is 11.6 Å². The molecule has 1 aliphatic heterocycles. The summed E-state index contributed by atoms with van der Waals surface area (Å²) in [5.74, 6) is -3.34. The van der Waals surface area contributed by atoms with E-state index in [1.165, 1.54) is 5.56 Å². The Morgan fingerprint density at radius 1 is 1.03 bits per heavy atom. The van der Waals surface area contributed by atoms with Gasteiger partial charge in [0.05, 0.1) is 13.2 Å². The molecule has 0 aliphatic carbocycles. The van der Waals surface area contributed by atoms with Crippen molar-refractivity contribution in [2.75, 3.05) is 38.3 Å². The van der Waals surface area contributed by atoms with Gasteiger partial charge in [0.2, 0.25) is 0 Å². The van der Waals surface area contributed by atoms with Crippen LogP contribution in [0, 0.1) is 0 Å². The molecule has 16 heteroatoms. The molecule has 0 spiro atoms. The van der Waals surface area contributed by atoms with Gasteiger partial charge < -0.3 is 24.4 Å². The van der Waals surface area contributed by atoms with E-state index in [0.29, 0.717) is 0 Å². The quantitative estimate of drug-likeness (QED) is 0.563. The smallest absolute Gasteiger partial charge is 0.475 e. The lowest BCUT2D eigenvalue weighted by atomic mass is 10.2. The van der Waals surface area contributed by atoms with E-state index < -0.39 is 24.3 Å². The van der Waals surface area contributed by atoms with Crippen LogP contribution in [0.5, 0.6) is 0 Å². The van der Waals surface area contributed by atoms with Crippen LogP contribution < -0.4 is 4.90 Å². The molecule has 0 atom stereocenters. The highest BCUT2D eigenvalue weighted by Gasteiger charge is 2.38. The Bertz CT molecular complexity index is 958. The number of alkyl halides is 6. The minimum atomic E-state index is -5.08. The molecule has 0 amide bonds. The van der Waals surface area contributed by atoms with Crippen LogP contribution in [0.15, 0.2) is 30.7 Å². The first-order valence-corrected chi connectivity index (χ1v) is 10.1. The molecule has 0 aromatic carbocycles. The molecule has 0 unspecified atom stereocenters. The summed E-state index contributed by atoms with van der Waals surface area (Å²) in [6, 6.07) is 4.18. The Morgan fingerprint density at radius 3 is 2.08 bits per heavy atom. The molecule has 0 radical (unpaired) electrons. The Kier molecular flexibility index (Phi) is 11.6. The fraction of sp³-hybridized carbons (Fsp3) is 0.500. The standard InChI is InChI=1S/C16H23N5O.2C2HF3O2/c1-19-7-6-17-15(19)13-20-8-9-21(10-11-22-2)16-14(12-20)4-3-5-18-16;2*3-2(4,5)1(6)7/h3-7H,8-13H2,1-2H3;2*(H,6,7). The van der Waals surface area contributed by atoms with Gasteiger partial charge in [-0.05, 0) is 6.07 Å². The SMILES string of the molecule is COCCN1CCN(Cc2nccn2C)Cc2cccnc21.O=C(O)C(F)(F)F.O=C(O)C(F)(F)F. The summed E-state index contributed by atoms with van der Waals surface area (Å²) in [7, 11) is 3.78. The fourth-order valence-electron chi connectivity index (χ4n) is 2.83. The number of carbonyl (C=O) groups is 2. The molecule has 2 aromatic heterocycles. The molecule has 1 aliphatic rings. The first-order valence-electron chi connectivity index (χ1n) is 10.1. The number of rotatable bonds is 5. The van der Waals surface area contributed by atoms with Crippen molar-refractivity contribution in [3.63, 3.8) is 0 Å². The summed E-state index contributed by atoms with van der Waals surface area (Å²) in [6.45, 7) is 5.30. The lowest BCUT2D eigenvalue weighted by Crippen LogP contribution is -2.34. The lowest BCUT2D eigenvalue weighted by Gasteiger charge is -2.23. The first-order chi connectivity index (χ1) is 16.7. The van der Waals surface area contributed by atoms with Crippen LogP contribution in [0.1, 0.15) is 11.4 Å². The van der Waals surface area contributed by atoms with Crippen molar-refractivity contribution in [1.82, 2.24) is 19.4 Å². The number of pyridine rings is 1. The number of carboxylic acid groups (broad SMARTS) is 2. The molecule has 202 valence electrons. The first kappa shape index (κ1) is 30.6. The summed E-state index contributed by atoms with van der Waals surface area (Å²) in [4.78, 5) is 31.6. The largest absolute Gasteiger partial charge is 0.490 e. The number of hydrogen-bond acceptors (Lipinski definition) is 7. The van der Waals surface area contributed by atoms with Gasteiger partial charge in [-0.3, -0.25) is 4.90 Å². The monoisotopic (exact) mass is 529 g/mol. The van der Waals surface area contributed by atoms with E-state index in [0.717, 1.165) is 51.0 Å². The molecule has 0 saturated heterocycles. The number of fused-ring (bicyclic) bond motifs is 1. The lowest BCUT2D eigenvalue weighted by molar-refractivity contribution is -0.193. The van der Waals surface area contributed by atoms with Crippen molar-refractivity contribution >= 4 is 17.8 Å². The predicted octanol–water partition coefficient (Wildman–Crippen LogP) is 2.55. The second-order valence-electron chi connectivity index (χ2n) is 7.24. The highest BCUT2D eigenvalue weighted by atomic mass is 19.4. The van der Waals surface area contributed by atoms with Gasteiger partial charge in [0.15, 0.2) is 0 Å². The van der Waals surface area contributed by atoms with E-state index in [1.807, 2.05) is 31.7 Å². The van der Waals surface area contributed by atoms with Crippen molar-refractivity contribution in [1.29, 1.82) is 0 Å². The van der Waals surface area contributed by atoms with Crippen LogP contribution >= 0.6 is 0 Å². The predicted molar refractivity (Wildman–Crippen MR) is 113 cm³/mol. The van der Waals surface area contributed by atoms with Crippen LogP contribution in [0.4, 0.5) is 32.2 Å². The Morgan fingerprint density at radius 2 is 1.61 bits per heavy atom. The van der Waals surface area contributed by atoms with Gasteiger partial charge in [-0.2, -0.15) is 26.3 Å². The second kappa shape index (κ2) is 13.6. The number of carboxylic acids is 2. The van der Waals surface area contributed by atoms with Crippen molar-refractivity contribution in [3.05, 3.63) is 42.1 Å². The van der Waals surface area contributed by atoms with Crippen molar-refractivity contribution in [2.45, 2.75) is 25.4 Å². The Balaban J connectivity index is 0.000000383. The van der Waals surface area contributed by atoms with Crippen LogP contribution in [0.2, 0.25) is 0 Å². The third-order valence-corrected chi connectivity index (χ3v) is 4.58. The molecule has 0 bridgehead atoms. The highest BCUT2D eigenvalue weighted by molar-refractivity contribution is 5.73. The van der Waals surface area contributed by atoms with Crippen molar-refractivity contribution in [3.8, 4) is 0 Å². The van der Waals surface area contributed by atoms with Gasteiger partial charge >= 0.3 is 24.3 Å². The van der Waals surface area contributed by atoms with Gasteiger partial charge in [0.25, 0.3) is 0 Å². The molecule has 2 aromatic rings. The zero-order valence-corrected chi connectivity index (χ0v) is 19.3. The zero-order valence-electron chi connectivity index (χ0n) is 19.3. The third-order valence-electron chi connectivity index (χ3n) is 4.58. The normalized spacial score (nSPS) is 13.9. The van der Waals surface area contributed by atoms with Crippen molar-refractivity contribution < 1.29 is 50.9 Å². The number of aliphatic carboxylic acids is 2. The number of ether oxygens (including phenoxy) is 1. The van der Waals surface area contributed by atoms with E-state index in [-0.39, 0.29) is 0 Å². The summed E-state index contributed by atoms with van der Waals surface area (Å²) < 4.78 is 70.8. The average molecular weight is 529 g/mol. The molecule has 3 heterocycles. The van der Waals surface area contributed by atoms with Crippen LogP contribution in [-0.2, 0) is 34.5 Å². The minimum Gasteiger partial charge on any atom is -0.475 e. The molecule has 10 nitrogen and oxygen atoms in total. The minimum absolute atomic E-state index is 0.718. The summed E-state index contributed by atoms with van der Waals surface area (Å²) >= 11 is 0. The van der Waals surface area contributed by atoms with Gasteiger partial charge in [-0.1, -0.05) is 6.07 Å². The number of anilines is 1. The van der Waals surface area contributed by atoms with Crippen LogP contribution in [0.25, 0.3) is 0 Å². The number of aromatic nitrogens is 3. The zero-order chi connectivity index (χ0) is 27.5. The molecule has 3 rings (SSSR count). The number of nitrogens with zero attached hydrogens (tertiary/aromatic N) is 5. The molecule has 36 heavy (non-hydrogen) atoms. The number of halogens is 6. The highest BCUT2D eigenvalue weighted by Crippen LogP contribution is 2.23. The van der Waals surface area contributed by atoms with Gasteiger partial charge in [-0.25, -0.2) is 19.6 Å². The van der Waals surface area contributed by atoms with E-state index in [4.69, 9.17) is 24.5 Å². The number of imidazole rings is 1. The van der Waals surface area contributed by atoms with Gasteiger partial charge in [-0.15, -0.1) is 0 Å². The molecule has 2 N–H and O–H groups in total. The Labute approximate surface area is 201 Å². The maximum atomic E-state index is 10.6. The maximum absolute atomic E-state index is 10.6. The topological polar surface area (TPSA) is 121 Å². The van der Waals surface area contributed by atoms with E-state index in [1.54, 1.807) is 7.11 Å². The average Bonchev–Trinajstić information content (AvgIpc) is 3.09. The Hall–Kier alpha value is -3.40. The van der Waals surface area contributed by atoms with Crippen molar-refractivity contribution in [2.24, 2.45) is 7.05 Å². The summed E-state index contributed by atoms with van der Waals surface area (Å²) in [6.07, 6.45) is -4.45. The fourth-order valence-corrected chi connectivity index (χ4v) is 2.83. The molecular formula is C20H25F6N5O5. The maximum Gasteiger partial charge on any atom is 0.490 e. The molecule has 0 fully saturated rings. The molecular weight excluding hydrogens is 504 g/mol. The third kappa shape index (κ3) is 10.5. The molecule has 0 saturated carbocycles. The second-order valence-corrected chi connectivity index (χ2v) is 7.24. The number of aryl methyl sites for hydroxylation is 1. The van der Waals surface area contributed by atoms with E-state index in [9.17, 15) is 26.3 Å². The van der Waals surface area contributed by atoms with Crippen LogP contribution in [0.3, 0.4) is 0 Å².